The highest BCUT2D eigenvalue weighted by molar-refractivity contribution is 5.05. The zero-order chi connectivity index (χ0) is 14.7. The Hall–Kier alpha value is -0.940. The first-order valence-electron chi connectivity index (χ1n) is 8.36. The fourth-order valence-corrected chi connectivity index (χ4v) is 3.68. The molecule has 5 heteroatoms. The lowest BCUT2D eigenvalue weighted by molar-refractivity contribution is -0.0365. The van der Waals surface area contributed by atoms with Crippen LogP contribution in [0, 0.1) is 5.92 Å². The number of nitrogens with one attached hydrogen (secondary N) is 1. The van der Waals surface area contributed by atoms with Gasteiger partial charge in [-0.25, -0.2) is 0 Å². The summed E-state index contributed by atoms with van der Waals surface area (Å²) in [5, 5.41) is 7.76. The zero-order valence-electron chi connectivity index (χ0n) is 13.2. The molecule has 2 atom stereocenters. The molecule has 0 amide bonds. The van der Waals surface area contributed by atoms with Crippen molar-refractivity contribution in [2.45, 2.75) is 69.9 Å². The van der Waals surface area contributed by atoms with Gasteiger partial charge in [-0.05, 0) is 38.1 Å². The monoisotopic (exact) mass is 293 g/mol. The zero-order valence-corrected chi connectivity index (χ0v) is 13.2. The van der Waals surface area contributed by atoms with Crippen molar-refractivity contribution in [2.75, 3.05) is 13.7 Å². The highest BCUT2D eigenvalue weighted by Crippen LogP contribution is 2.38. The highest BCUT2D eigenvalue weighted by atomic mass is 16.5. The normalized spacial score (nSPS) is 30.0. The molecule has 1 saturated heterocycles. The number of hydrogen-bond acceptors (Lipinski definition) is 5. The topological polar surface area (TPSA) is 60.2 Å². The number of nitrogens with zero attached hydrogens (tertiary/aromatic N) is 2. The second-order valence-electron chi connectivity index (χ2n) is 6.71. The van der Waals surface area contributed by atoms with Crippen LogP contribution < -0.4 is 5.32 Å². The average Bonchev–Trinajstić information content (AvgIpc) is 2.87. The van der Waals surface area contributed by atoms with E-state index < -0.39 is 0 Å². The van der Waals surface area contributed by atoms with Crippen molar-refractivity contribution in [1.82, 2.24) is 15.5 Å². The quantitative estimate of drug-likeness (QED) is 0.866. The number of aromatic nitrogens is 2. The van der Waals surface area contributed by atoms with Gasteiger partial charge in [0.2, 0.25) is 11.7 Å². The van der Waals surface area contributed by atoms with Crippen molar-refractivity contribution in [3.63, 3.8) is 0 Å². The first-order valence-corrected chi connectivity index (χ1v) is 8.36. The molecule has 1 aromatic heterocycles. The van der Waals surface area contributed by atoms with E-state index in [-0.39, 0.29) is 11.6 Å². The average molecular weight is 293 g/mol. The first kappa shape index (κ1) is 15.0. The third kappa shape index (κ3) is 3.14. The maximum Gasteiger partial charge on any atom is 0.243 e. The summed E-state index contributed by atoms with van der Waals surface area (Å²) in [5.74, 6) is 2.19. The number of methoxy groups -OCH3 is 1. The Balaban J connectivity index is 1.79. The van der Waals surface area contributed by atoms with Crippen LogP contribution in [0.1, 0.15) is 76.0 Å². The van der Waals surface area contributed by atoms with Crippen LogP contribution in [0.2, 0.25) is 0 Å². The molecule has 1 aliphatic heterocycles. The van der Waals surface area contributed by atoms with E-state index in [1.807, 2.05) is 0 Å². The maximum absolute atomic E-state index is 5.86. The van der Waals surface area contributed by atoms with E-state index in [1.54, 1.807) is 7.11 Å². The minimum absolute atomic E-state index is 0.203. The molecule has 0 aromatic carbocycles. The Bertz CT molecular complexity index is 452. The van der Waals surface area contributed by atoms with E-state index in [0.29, 0.717) is 5.92 Å². The Morgan fingerprint density at radius 3 is 2.67 bits per heavy atom. The van der Waals surface area contributed by atoms with Crippen LogP contribution in [0.3, 0.4) is 0 Å². The van der Waals surface area contributed by atoms with Gasteiger partial charge < -0.3 is 14.6 Å². The van der Waals surface area contributed by atoms with E-state index >= 15 is 0 Å². The van der Waals surface area contributed by atoms with Gasteiger partial charge in [0.1, 0.15) is 5.60 Å². The van der Waals surface area contributed by atoms with Crippen molar-refractivity contribution in [3.8, 4) is 0 Å². The highest BCUT2D eigenvalue weighted by Gasteiger charge is 2.38. The molecule has 1 aliphatic carbocycles. The second-order valence-corrected chi connectivity index (χ2v) is 6.71. The maximum atomic E-state index is 5.86. The van der Waals surface area contributed by atoms with Gasteiger partial charge in [-0.1, -0.05) is 37.8 Å². The predicted molar refractivity (Wildman–Crippen MR) is 79.8 cm³/mol. The predicted octanol–water partition coefficient (Wildman–Crippen LogP) is 3.33. The molecule has 1 aromatic rings. The fraction of sp³-hybridized carbons (Fsp3) is 0.875. The van der Waals surface area contributed by atoms with Crippen molar-refractivity contribution >= 4 is 0 Å². The van der Waals surface area contributed by atoms with Crippen LogP contribution in [-0.4, -0.2) is 23.8 Å². The van der Waals surface area contributed by atoms with Gasteiger partial charge in [-0.3, -0.25) is 0 Å². The van der Waals surface area contributed by atoms with Crippen LogP contribution in [0.4, 0.5) is 0 Å². The van der Waals surface area contributed by atoms with Gasteiger partial charge in [-0.15, -0.1) is 0 Å². The lowest BCUT2D eigenvalue weighted by Crippen LogP contribution is -2.32. The number of rotatable bonds is 3. The largest absolute Gasteiger partial charge is 0.370 e. The molecule has 21 heavy (non-hydrogen) atoms. The summed E-state index contributed by atoms with van der Waals surface area (Å²) in [4.78, 5) is 4.71. The fourth-order valence-electron chi connectivity index (χ4n) is 3.68. The van der Waals surface area contributed by atoms with E-state index in [1.165, 1.54) is 32.1 Å². The number of piperidine rings is 1. The summed E-state index contributed by atoms with van der Waals surface area (Å²) >= 11 is 0. The molecule has 0 bridgehead atoms. The van der Waals surface area contributed by atoms with E-state index in [9.17, 15) is 0 Å². The standard InChI is InChI=1S/C16H27N3O2/c1-12-7-10-17-13(11-12)14-18-15(19-21-14)16(20-2)8-5-3-4-6-9-16/h12-13,17H,3-11H2,1-2H3. The van der Waals surface area contributed by atoms with Crippen molar-refractivity contribution in [2.24, 2.45) is 5.92 Å². The Kier molecular flexibility index (Phi) is 4.60. The smallest absolute Gasteiger partial charge is 0.243 e. The van der Waals surface area contributed by atoms with Crippen LogP contribution in [0.15, 0.2) is 4.52 Å². The molecule has 2 heterocycles. The molecule has 5 nitrogen and oxygen atoms in total. The summed E-state index contributed by atoms with van der Waals surface area (Å²) in [5.41, 5.74) is -0.335. The third-order valence-electron chi connectivity index (χ3n) is 5.12. The van der Waals surface area contributed by atoms with Crippen LogP contribution in [0.5, 0.6) is 0 Å². The van der Waals surface area contributed by atoms with Crippen molar-refractivity contribution in [3.05, 3.63) is 11.7 Å². The summed E-state index contributed by atoms with van der Waals surface area (Å²) in [6.07, 6.45) is 9.19. The first-order chi connectivity index (χ1) is 10.2. The summed E-state index contributed by atoms with van der Waals surface area (Å²) in [6, 6.07) is 0.203. The van der Waals surface area contributed by atoms with Gasteiger partial charge in [0.05, 0.1) is 6.04 Å². The lowest BCUT2D eigenvalue weighted by atomic mass is 9.93. The Morgan fingerprint density at radius 1 is 1.24 bits per heavy atom. The molecule has 2 unspecified atom stereocenters. The van der Waals surface area contributed by atoms with Crippen molar-refractivity contribution < 1.29 is 9.26 Å². The van der Waals surface area contributed by atoms with Crippen LogP contribution in [-0.2, 0) is 10.3 Å². The molecule has 3 rings (SSSR count). The summed E-state index contributed by atoms with van der Waals surface area (Å²) < 4.78 is 11.4. The molecular formula is C16H27N3O2. The lowest BCUT2D eigenvalue weighted by Gasteiger charge is -2.28. The summed E-state index contributed by atoms with van der Waals surface area (Å²) in [7, 11) is 1.78. The molecule has 0 radical (unpaired) electrons. The van der Waals surface area contributed by atoms with E-state index in [2.05, 4.69) is 17.4 Å². The molecular weight excluding hydrogens is 266 g/mol. The van der Waals surface area contributed by atoms with Gasteiger partial charge in [0.25, 0.3) is 0 Å². The molecule has 118 valence electrons. The molecule has 2 fully saturated rings. The molecule has 1 N–H and O–H groups in total. The summed E-state index contributed by atoms with van der Waals surface area (Å²) in [6.45, 7) is 3.31. The molecule has 0 spiro atoms. The van der Waals surface area contributed by atoms with Gasteiger partial charge >= 0.3 is 0 Å². The van der Waals surface area contributed by atoms with Gasteiger partial charge in [-0.2, -0.15) is 4.98 Å². The Labute approximate surface area is 126 Å². The van der Waals surface area contributed by atoms with Gasteiger partial charge in [0, 0.05) is 7.11 Å². The van der Waals surface area contributed by atoms with Crippen molar-refractivity contribution in [1.29, 1.82) is 0 Å². The SMILES string of the molecule is COC1(c2noc(C3CC(C)CCN3)n2)CCCCCC1. The van der Waals surface area contributed by atoms with E-state index in [0.717, 1.165) is 37.5 Å². The van der Waals surface area contributed by atoms with Crippen LogP contribution >= 0.6 is 0 Å². The minimum Gasteiger partial charge on any atom is -0.370 e. The Morgan fingerprint density at radius 2 is 2.00 bits per heavy atom. The number of hydrogen-bond donors (Lipinski definition) is 1. The van der Waals surface area contributed by atoms with E-state index in [4.69, 9.17) is 14.2 Å². The van der Waals surface area contributed by atoms with Gasteiger partial charge in [0.15, 0.2) is 0 Å². The molecule has 2 aliphatic rings. The second kappa shape index (κ2) is 6.44. The third-order valence-corrected chi connectivity index (χ3v) is 5.12. The minimum atomic E-state index is -0.335. The molecule has 1 saturated carbocycles. The van der Waals surface area contributed by atoms with Crippen LogP contribution in [0.25, 0.3) is 0 Å². The number of ether oxygens (including phenoxy) is 1.